The van der Waals surface area contributed by atoms with Gasteiger partial charge in [-0.2, -0.15) is 4.31 Å². The van der Waals surface area contributed by atoms with Gasteiger partial charge in [0, 0.05) is 25.7 Å². The van der Waals surface area contributed by atoms with Crippen molar-refractivity contribution in [2.24, 2.45) is 5.92 Å². The third kappa shape index (κ3) is 4.43. The quantitative estimate of drug-likeness (QED) is 0.789. The molecule has 8 heteroatoms. The number of piperidine rings is 1. The Bertz CT molecular complexity index is 705. The van der Waals surface area contributed by atoms with E-state index in [-0.39, 0.29) is 23.3 Å². The number of sulfonamides is 1. The van der Waals surface area contributed by atoms with Gasteiger partial charge >= 0.3 is 0 Å². The lowest BCUT2D eigenvalue weighted by Gasteiger charge is -2.31. The van der Waals surface area contributed by atoms with E-state index < -0.39 is 10.0 Å². The summed E-state index contributed by atoms with van der Waals surface area (Å²) in [5, 5.41) is 2.85. The predicted octanol–water partition coefficient (Wildman–Crippen LogP) is 1.63. The Morgan fingerprint density at radius 3 is 2.64 bits per heavy atom. The fourth-order valence-corrected chi connectivity index (χ4v) is 4.43. The SMILES string of the molecule is CCCNC(=O)[C@@H]1CCCN(S(=O)(=O)c2ccc(OC)c(OC)c2)C1. The maximum atomic E-state index is 12.9. The number of benzene rings is 1. The van der Waals surface area contributed by atoms with Crippen LogP contribution in [0.1, 0.15) is 26.2 Å². The maximum Gasteiger partial charge on any atom is 0.243 e. The van der Waals surface area contributed by atoms with E-state index in [9.17, 15) is 13.2 Å². The first-order valence-electron chi connectivity index (χ1n) is 8.44. The molecule has 1 aromatic rings. The molecule has 1 amide bonds. The molecular formula is C17H26N2O5S. The molecule has 0 aromatic heterocycles. The molecule has 0 bridgehead atoms. The number of nitrogens with one attached hydrogen (secondary N) is 1. The van der Waals surface area contributed by atoms with E-state index in [1.807, 2.05) is 6.92 Å². The average Bonchev–Trinajstić information content (AvgIpc) is 2.65. The largest absolute Gasteiger partial charge is 0.493 e. The normalized spacial score (nSPS) is 18.6. The van der Waals surface area contributed by atoms with E-state index in [0.717, 1.165) is 6.42 Å². The molecule has 1 N–H and O–H groups in total. The van der Waals surface area contributed by atoms with E-state index in [1.54, 1.807) is 6.07 Å². The van der Waals surface area contributed by atoms with Gasteiger partial charge in [0.05, 0.1) is 25.0 Å². The van der Waals surface area contributed by atoms with Crippen LogP contribution in [0, 0.1) is 5.92 Å². The summed E-state index contributed by atoms with van der Waals surface area (Å²) in [7, 11) is -0.731. The van der Waals surface area contributed by atoms with Crippen LogP contribution in [-0.2, 0) is 14.8 Å². The molecule has 1 fully saturated rings. The minimum atomic E-state index is -3.69. The molecule has 0 saturated carbocycles. The van der Waals surface area contributed by atoms with Crippen molar-refractivity contribution in [2.75, 3.05) is 33.9 Å². The summed E-state index contributed by atoms with van der Waals surface area (Å²) < 4.78 is 37.6. The summed E-state index contributed by atoms with van der Waals surface area (Å²) >= 11 is 0. The van der Waals surface area contributed by atoms with Gasteiger partial charge in [0.25, 0.3) is 0 Å². The van der Waals surface area contributed by atoms with Crippen LogP contribution in [0.5, 0.6) is 11.5 Å². The van der Waals surface area contributed by atoms with Gasteiger partial charge in [-0.1, -0.05) is 6.92 Å². The average molecular weight is 370 g/mol. The number of carbonyl (C=O) groups excluding carboxylic acids is 1. The van der Waals surface area contributed by atoms with Gasteiger partial charge in [0.15, 0.2) is 11.5 Å². The molecule has 7 nitrogen and oxygen atoms in total. The maximum absolute atomic E-state index is 12.9. The van der Waals surface area contributed by atoms with Gasteiger partial charge in [-0.3, -0.25) is 4.79 Å². The van der Waals surface area contributed by atoms with E-state index >= 15 is 0 Å². The summed E-state index contributed by atoms with van der Waals surface area (Å²) in [6.45, 7) is 3.20. The van der Waals surface area contributed by atoms with Crippen LogP contribution < -0.4 is 14.8 Å². The molecule has 1 saturated heterocycles. The van der Waals surface area contributed by atoms with E-state index in [4.69, 9.17) is 9.47 Å². The molecule has 0 unspecified atom stereocenters. The first-order valence-corrected chi connectivity index (χ1v) is 9.88. The number of amides is 1. The zero-order valence-corrected chi connectivity index (χ0v) is 15.8. The molecule has 0 aliphatic carbocycles. The third-order valence-corrected chi connectivity index (χ3v) is 6.16. The van der Waals surface area contributed by atoms with Crippen LogP contribution >= 0.6 is 0 Å². The molecule has 1 atom stereocenters. The molecular weight excluding hydrogens is 344 g/mol. The van der Waals surface area contributed by atoms with Gasteiger partial charge in [-0.15, -0.1) is 0 Å². The first-order chi connectivity index (χ1) is 11.9. The van der Waals surface area contributed by atoms with Crippen molar-refractivity contribution in [1.82, 2.24) is 9.62 Å². The standard InChI is InChI=1S/C17H26N2O5S/c1-4-9-18-17(20)13-6-5-10-19(12-13)25(21,22)14-7-8-15(23-2)16(11-14)24-3/h7-8,11,13H,4-6,9-10,12H2,1-3H3,(H,18,20)/t13-/m1/s1. The highest BCUT2D eigenvalue weighted by atomic mass is 32.2. The van der Waals surface area contributed by atoms with E-state index in [1.165, 1.54) is 30.7 Å². The topological polar surface area (TPSA) is 84.9 Å². The smallest absolute Gasteiger partial charge is 0.243 e. The lowest BCUT2D eigenvalue weighted by atomic mass is 9.99. The number of hydrogen-bond acceptors (Lipinski definition) is 5. The molecule has 1 aliphatic rings. The lowest BCUT2D eigenvalue weighted by Crippen LogP contribution is -2.45. The van der Waals surface area contributed by atoms with Crippen molar-refractivity contribution in [1.29, 1.82) is 0 Å². The molecule has 1 heterocycles. The summed E-state index contributed by atoms with van der Waals surface area (Å²) in [5.74, 6) is 0.444. The summed E-state index contributed by atoms with van der Waals surface area (Å²) in [6, 6.07) is 4.52. The van der Waals surface area contributed by atoms with Gasteiger partial charge in [0.2, 0.25) is 15.9 Å². The highest BCUT2D eigenvalue weighted by molar-refractivity contribution is 7.89. The molecule has 1 aromatic carbocycles. The van der Waals surface area contributed by atoms with Crippen molar-refractivity contribution in [3.63, 3.8) is 0 Å². The first kappa shape index (κ1) is 19.5. The van der Waals surface area contributed by atoms with Gasteiger partial charge < -0.3 is 14.8 Å². The Balaban J connectivity index is 2.20. The van der Waals surface area contributed by atoms with Crippen LogP contribution in [0.25, 0.3) is 0 Å². The highest BCUT2D eigenvalue weighted by Gasteiger charge is 2.33. The van der Waals surface area contributed by atoms with Crippen molar-refractivity contribution in [3.8, 4) is 11.5 Å². The zero-order valence-electron chi connectivity index (χ0n) is 14.9. The van der Waals surface area contributed by atoms with Crippen molar-refractivity contribution in [2.45, 2.75) is 31.1 Å². The third-order valence-electron chi connectivity index (χ3n) is 4.30. The zero-order chi connectivity index (χ0) is 18.4. The second kappa shape index (κ2) is 8.53. The van der Waals surface area contributed by atoms with Gasteiger partial charge in [-0.25, -0.2) is 8.42 Å². The molecule has 2 rings (SSSR count). The summed E-state index contributed by atoms with van der Waals surface area (Å²) in [4.78, 5) is 12.3. The second-order valence-corrected chi connectivity index (χ2v) is 7.95. The predicted molar refractivity (Wildman–Crippen MR) is 94.3 cm³/mol. The highest BCUT2D eigenvalue weighted by Crippen LogP contribution is 2.32. The monoisotopic (exact) mass is 370 g/mol. The van der Waals surface area contributed by atoms with Crippen LogP contribution in [0.15, 0.2) is 23.1 Å². The van der Waals surface area contributed by atoms with Crippen molar-refractivity contribution in [3.05, 3.63) is 18.2 Å². The number of carbonyl (C=O) groups is 1. The Morgan fingerprint density at radius 2 is 2.00 bits per heavy atom. The minimum absolute atomic E-state index is 0.0749. The van der Waals surface area contributed by atoms with Crippen LogP contribution in [0.2, 0.25) is 0 Å². The van der Waals surface area contributed by atoms with Gasteiger partial charge in [0.1, 0.15) is 0 Å². The molecule has 0 radical (unpaired) electrons. The Morgan fingerprint density at radius 1 is 1.28 bits per heavy atom. The van der Waals surface area contributed by atoms with Gasteiger partial charge in [-0.05, 0) is 31.4 Å². The number of nitrogens with zero attached hydrogens (tertiary/aromatic N) is 1. The number of methoxy groups -OCH3 is 2. The lowest BCUT2D eigenvalue weighted by molar-refractivity contribution is -0.126. The Hall–Kier alpha value is -1.80. The fourth-order valence-electron chi connectivity index (χ4n) is 2.89. The van der Waals surface area contributed by atoms with Crippen LogP contribution in [0.3, 0.4) is 0 Å². The van der Waals surface area contributed by atoms with Crippen LogP contribution in [0.4, 0.5) is 0 Å². The summed E-state index contributed by atoms with van der Waals surface area (Å²) in [6.07, 6.45) is 2.22. The molecule has 25 heavy (non-hydrogen) atoms. The Labute approximate surface area is 149 Å². The Kier molecular flexibility index (Phi) is 6.66. The second-order valence-electron chi connectivity index (χ2n) is 6.01. The van der Waals surface area contributed by atoms with E-state index in [2.05, 4.69) is 5.32 Å². The van der Waals surface area contributed by atoms with Crippen LogP contribution in [-0.4, -0.2) is 52.5 Å². The van der Waals surface area contributed by atoms with Crippen molar-refractivity contribution >= 4 is 15.9 Å². The molecule has 0 spiro atoms. The molecule has 140 valence electrons. The fraction of sp³-hybridized carbons (Fsp3) is 0.588. The summed E-state index contributed by atoms with van der Waals surface area (Å²) in [5.41, 5.74) is 0. The number of rotatable bonds is 7. The van der Waals surface area contributed by atoms with Crippen molar-refractivity contribution < 1.29 is 22.7 Å². The minimum Gasteiger partial charge on any atom is -0.493 e. The number of ether oxygens (including phenoxy) is 2. The number of hydrogen-bond donors (Lipinski definition) is 1. The van der Waals surface area contributed by atoms with E-state index in [0.29, 0.717) is 37.4 Å². The molecule has 1 aliphatic heterocycles.